The molecule has 0 amide bonds. The number of fused-ring (bicyclic) bond motifs is 20. The van der Waals surface area contributed by atoms with Gasteiger partial charge < -0.3 is 27.1 Å². The van der Waals surface area contributed by atoms with Crippen molar-refractivity contribution in [3.63, 3.8) is 0 Å². The molecule has 0 spiro atoms. The number of para-hydroxylation sites is 4. The molecule has 0 fully saturated rings. The molecule has 6 aromatic heterocycles. The lowest BCUT2D eigenvalue weighted by Gasteiger charge is -2.27. The molecule has 0 saturated heterocycles. The summed E-state index contributed by atoms with van der Waals surface area (Å²) in [4.78, 5) is 0. The second kappa shape index (κ2) is 15.9. The summed E-state index contributed by atoms with van der Waals surface area (Å²) in [6, 6.07) is 74.0. The highest BCUT2D eigenvalue weighted by Gasteiger charge is 2.36. The van der Waals surface area contributed by atoms with Crippen molar-refractivity contribution in [3.05, 3.63) is 228 Å². The molecule has 0 N–H and O–H groups in total. The van der Waals surface area contributed by atoms with Crippen LogP contribution in [-0.4, -0.2) is 18.3 Å². The Bertz CT molecular complexity index is 5280. The number of rotatable bonds is 4. The van der Waals surface area contributed by atoms with E-state index in [0.717, 1.165) is 142 Å². The largest absolute Gasteiger partial charge is 0.454 e. The van der Waals surface area contributed by atoms with Gasteiger partial charge in [0.05, 0.1) is 66.9 Å². The van der Waals surface area contributed by atoms with Gasteiger partial charge in [-0.1, -0.05) is 131 Å². The van der Waals surface area contributed by atoms with Gasteiger partial charge in [0.25, 0.3) is 0 Å². The summed E-state index contributed by atoms with van der Waals surface area (Å²) in [6.45, 7) is 8.49. The molecule has 17 rings (SSSR count). The third-order valence-electron chi connectivity index (χ3n) is 17.0. The predicted molar refractivity (Wildman–Crippen MR) is 327 cm³/mol. The first-order chi connectivity index (χ1) is 39.3. The molecule has 0 unspecified atom stereocenters. The van der Waals surface area contributed by atoms with Gasteiger partial charge in [-0.25, -0.2) is 0 Å². The third-order valence-corrected chi connectivity index (χ3v) is 17.0. The average Bonchev–Trinajstić information content (AvgIpc) is 4.51. The fourth-order valence-electron chi connectivity index (χ4n) is 13.7. The highest BCUT2D eigenvalue weighted by molar-refractivity contribution is 6.24. The zero-order valence-corrected chi connectivity index (χ0v) is 44.0. The first-order valence-electron chi connectivity index (χ1n) is 27.0. The van der Waals surface area contributed by atoms with E-state index in [-0.39, 0.29) is 0 Å². The summed E-state index contributed by atoms with van der Waals surface area (Å²) >= 11 is 0. The number of nitriles is 2. The predicted octanol–water partition coefficient (Wildman–Crippen LogP) is 18.9. The molecule has 0 bridgehead atoms. The number of hydrogen-bond acceptors (Lipinski definition) is 4. The molecule has 0 aliphatic heterocycles. The first-order valence-corrected chi connectivity index (χ1v) is 27.0. The average molecular weight is 1030 g/mol. The maximum Gasteiger partial charge on any atom is 0.160 e. The maximum atomic E-state index is 13.0. The van der Waals surface area contributed by atoms with Gasteiger partial charge in [0, 0.05) is 64.6 Å². The Hall–Kier alpha value is -10.8. The minimum absolute atomic E-state index is 0.363. The second-order valence-corrected chi connectivity index (χ2v) is 21.7. The highest BCUT2D eigenvalue weighted by Crippen LogP contribution is 2.51. The van der Waals surface area contributed by atoms with E-state index in [1.165, 1.54) is 0 Å². The van der Waals surface area contributed by atoms with Crippen LogP contribution >= 0.6 is 0 Å². The standard InChI is InChI=1S/C72H44N6O2/c1-39-21-29-59-51(33-39)52-34-40(2)22-30-60(52)75(59)65-55(37-73)68(78-58-18-10-6-14-44(58)48-26-28-50-46-16-8-12-20-64(46)80-72(50)70(48)78)66(76-61-31-23-41(3)35-53(61)54-36-42(4)24-32-62(54)76)56(38-74)67(65)77-57-17-9-5-13-43(57)47-25-27-49-45-15-7-11-19-63(45)79-71(49)69(47)77/h5-36H,1-4H3. The van der Waals surface area contributed by atoms with Crippen molar-refractivity contribution >= 4 is 131 Å². The fraction of sp³-hybridized carbons (Fsp3) is 0.0556. The lowest BCUT2D eigenvalue weighted by Crippen LogP contribution is -2.17. The quantitative estimate of drug-likeness (QED) is 0.175. The molecule has 0 aliphatic rings. The topological polar surface area (TPSA) is 93.6 Å². The number of benzene rings is 11. The Kier molecular flexibility index (Phi) is 8.81. The molecule has 0 saturated carbocycles. The van der Waals surface area contributed by atoms with Gasteiger partial charge in [-0.2, -0.15) is 10.5 Å². The van der Waals surface area contributed by atoms with E-state index in [0.29, 0.717) is 45.0 Å². The van der Waals surface area contributed by atoms with Gasteiger partial charge in [0.2, 0.25) is 0 Å². The molecule has 0 radical (unpaired) electrons. The summed E-state index contributed by atoms with van der Waals surface area (Å²) in [6.07, 6.45) is 0. The first kappa shape index (κ1) is 44.3. The van der Waals surface area contributed by atoms with Crippen LogP contribution in [-0.2, 0) is 0 Å². The van der Waals surface area contributed by atoms with Gasteiger partial charge in [0.1, 0.15) is 34.4 Å². The van der Waals surface area contributed by atoms with E-state index in [9.17, 15) is 10.5 Å². The van der Waals surface area contributed by atoms with Crippen molar-refractivity contribution in [1.29, 1.82) is 10.5 Å². The van der Waals surface area contributed by atoms with Crippen LogP contribution in [0.4, 0.5) is 0 Å². The van der Waals surface area contributed by atoms with E-state index >= 15 is 0 Å². The summed E-state index contributed by atoms with van der Waals surface area (Å²) in [5.41, 5.74) is 17.2. The summed E-state index contributed by atoms with van der Waals surface area (Å²) in [5, 5.41) is 37.9. The number of aryl methyl sites for hydroxylation is 4. The van der Waals surface area contributed by atoms with Gasteiger partial charge in [0.15, 0.2) is 11.2 Å². The van der Waals surface area contributed by atoms with Crippen LogP contribution in [0.2, 0.25) is 0 Å². The van der Waals surface area contributed by atoms with Gasteiger partial charge in [-0.3, -0.25) is 0 Å². The van der Waals surface area contributed by atoms with Crippen molar-refractivity contribution in [3.8, 4) is 34.9 Å². The molecule has 8 nitrogen and oxygen atoms in total. The molecule has 80 heavy (non-hydrogen) atoms. The number of aromatic nitrogens is 4. The van der Waals surface area contributed by atoms with Crippen molar-refractivity contribution < 1.29 is 8.83 Å². The van der Waals surface area contributed by atoms with Crippen molar-refractivity contribution in [2.24, 2.45) is 0 Å². The minimum Gasteiger partial charge on any atom is -0.454 e. The second-order valence-electron chi connectivity index (χ2n) is 21.7. The highest BCUT2D eigenvalue weighted by atomic mass is 16.3. The van der Waals surface area contributed by atoms with Crippen LogP contribution in [0.15, 0.2) is 203 Å². The SMILES string of the molecule is Cc1ccc2c(c1)c1cc(C)ccc1n2-c1c(C#N)c(-n2c3ccccc3c3ccc4c5ccccc5oc4c32)c(-n2c3ccc(C)cc3c3cc(C)ccc32)c(C#N)c1-n1c2ccccc2c2ccc3c4ccccc4oc3c21. The molecular formula is C72H44N6O2. The zero-order valence-electron chi connectivity index (χ0n) is 44.0. The van der Waals surface area contributed by atoms with Crippen LogP contribution < -0.4 is 0 Å². The van der Waals surface area contributed by atoms with Crippen molar-refractivity contribution in [2.75, 3.05) is 0 Å². The molecule has 17 aromatic rings. The summed E-state index contributed by atoms with van der Waals surface area (Å²) in [7, 11) is 0. The van der Waals surface area contributed by atoms with E-state index in [4.69, 9.17) is 8.83 Å². The lowest BCUT2D eigenvalue weighted by molar-refractivity contribution is 0.670. The molecule has 6 heterocycles. The monoisotopic (exact) mass is 1020 g/mol. The maximum absolute atomic E-state index is 13.0. The lowest BCUT2D eigenvalue weighted by atomic mass is 9.98. The van der Waals surface area contributed by atoms with E-state index in [2.05, 4.69) is 216 Å². The summed E-state index contributed by atoms with van der Waals surface area (Å²) < 4.78 is 23.1. The minimum atomic E-state index is 0.363. The molecular weight excluding hydrogens is 981 g/mol. The van der Waals surface area contributed by atoms with Crippen molar-refractivity contribution in [2.45, 2.75) is 27.7 Å². The Morgan fingerprint density at radius 2 is 0.588 bits per heavy atom. The Morgan fingerprint density at radius 1 is 0.287 bits per heavy atom. The summed E-state index contributed by atoms with van der Waals surface area (Å²) in [5.74, 6) is 0. The van der Waals surface area contributed by atoms with Crippen LogP contribution in [0, 0.1) is 50.4 Å². The van der Waals surface area contributed by atoms with Crippen LogP contribution in [0.5, 0.6) is 0 Å². The number of nitrogens with zero attached hydrogens (tertiary/aromatic N) is 6. The molecule has 11 aromatic carbocycles. The normalized spacial score (nSPS) is 12.2. The molecule has 8 heteroatoms. The Morgan fingerprint density at radius 3 is 0.950 bits per heavy atom. The van der Waals surface area contributed by atoms with E-state index in [1.807, 2.05) is 36.4 Å². The zero-order chi connectivity index (χ0) is 53.4. The number of furan rings is 2. The van der Waals surface area contributed by atoms with Crippen molar-refractivity contribution in [1.82, 2.24) is 18.3 Å². The third kappa shape index (κ3) is 5.71. The molecule has 374 valence electrons. The molecule has 0 atom stereocenters. The van der Waals surface area contributed by atoms with Crippen LogP contribution in [0.25, 0.3) is 154 Å². The van der Waals surface area contributed by atoms with Crippen LogP contribution in [0.3, 0.4) is 0 Å². The smallest absolute Gasteiger partial charge is 0.160 e. The van der Waals surface area contributed by atoms with Gasteiger partial charge in [-0.15, -0.1) is 0 Å². The van der Waals surface area contributed by atoms with E-state index < -0.39 is 0 Å². The van der Waals surface area contributed by atoms with Gasteiger partial charge >= 0.3 is 0 Å². The molecule has 0 aliphatic carbocycles. The van der Waals surface area contributed by atoms with Gasteiger partial charge in [-0.05, 0) is 113 Å². The number of hydrogen-bond donors (Lipinski definition) is 0. The van der Waals surface area contributed by atoms with E-state index in [1.54, 1.807) is 0 Å². The Labute approximate surface area is 456 Å². The Balaban J connectivity index is 1.21. The van der Waals surface area contributed by atoms with Crippen LogP contribution in [0.1, 0.15) is 33.4 Å². The fourth-order valence-corrected chi connectivity index (χ4v) is 13.7.